The topological polar surface area (TPSA) is 20.3 Å². The minimum Gasteiger partial charge on any atom is -0.364 e. The van der Waals surface area contributed by atoms with Crippen molar-refractivity contribution < 1.29 is 4.79 Å². The molecule has 0 aromatic heterocycles. The Morgan fingerprint density at radius 3 is 2.93 bits per heavy atom. The smallest absolute Gasteiger partial charge is 0.152 e. The van der Waals surface area contributed by atoms with Crippen LogP contribution < -0.4 is 4.90 Å². The van der Waals surface area contributed by atoms with E-state index >= 15 is 0 Å². The van der Waals surface area contributed by atoms with E-state index in [1.807, 2.05) is 25.1 Å². The minimum atomic E-state index is 0.320. The predicted octanol–water partition coefficient (Wildman–Crippen LogP) is 2.82. The van der Waals surface area contributed by atoms with Crippen molar-refractivity contribution >= 4 is 23.1 Å². The zero-order chi connectivity index (χ0) is 10.8. The Kier molecular flexibility index (Phi) is 2.96. The van der Waals surface area contributed by atoms with Gasteiger partial charge in [0.1, 0.15) is 0 Å². The van der Waals surface area contributed by atoms with Crippen molar-refractivity contribution in [1.82, 2.24) is 0 Å². The third-order valence-electron chi connectivity index (χ3n) is 2.83. The van der Waals surface area contributed by atoms with Gasteiger partial charge in [0.05, 0.1) is 6.54 Å². The summed E-state index contributed by atoms with van der Waals surface area (Å²) in [5.74, 6) is 0.320. The average molecular weight is 224 g/mol. The number of Topliss-reactive ketones (excluding diaryl/α,β-unsaturated/α-hetero) is 1. The fourth-order valence-corrected chi connectivity index (χ4v) is 2.15. The molecule has 0 saturated carbocycles. The fourth-order valence-electron chi connectivity index (χ4n) is 1.98. The summed E-state index contributed by atoms with van der Waals surface area (Å²) in [6.45, 7) is 3.48. The predicted molar refractivity (Wildman–Crippen MR) is 62.6 cm³/mol. The Labute approximate surface area is 94.8 Å². The van der Waals surface area contributed by atoms with Crippen LogP contribution in [0.25, 0.3) is 0 Å². The van der Waals surface area contributed by atoms with E-state index in [1.165, 1.54) is 0 Å². The number of rotatable bonds is 1. The van der Waals surface area contributed by atoms with Crippen LogP contribution in [0.15, 0.2) is 18.2 Å². The maximum absolute atomic E-state index is 11.4. The summed E-state index contributed by atoms with van der Waals surface area (Å²) in [7, 11) is 0. The van der Waals surface area contributed by atoms with E-state index in [9.17, 15) is 4.79 Å². The van der Waals surface area contributed by atoms with Crippen LogP contribution in [-0.4, -0.2) is 18.9 Å². The summed E-state index contributed by atoms with van der Waals surface area (Å²) in [5.41, 5.74) is 2.16. The number of carbonyl (C=O) groups excluding carboxylic acids is 1. The van der Waals surface area contributed by atoms with Crippen molar-refractivity contribution in [3.05, 3.63) is 28.8 Å². The number of hydrogen-bond donors (Lipinski definition) is 0. The lowest BCUT2D eigenvalue weighted by Gasteiger charge is -2.29. The molecule has 0 amide bonds. The normalized spacial score (nSPS) is 16.9. The second-order valence-corrected chi connectivity index (χ2v) is 4.35. The molecule has 0 aliphatic carbocycles. The lowest BCUT2D eigenvalue weighted by Crippen LogP contribution is -2.35. The summed E-state index contributed by atoms with van der Waals surface area (Å²) < 4.78 is 0. The molecule has 15 heavy (non-hydrogen) atoms. The maximum Gasteiger partial charge on any atom is 0.152 e. The molecule has 2 nitrogen and oxygen atoms in total. The van der Waals surface area contributed by atoms with E-state index < -0.39 is 0 Å². The van der Waals surface area contributed by atoms with Crippen LogP contribution in [0.5, 0.6) is 0 Å². The highest BCUT2D eigenvalue weighted by Crippen LogP contribution is 2.27. The van der Waals surface area contributed by atoms with Crippen LogP contribution >= 0.6 is 11.6 Å². The molecule has 0 radical (unpaired) electrons. The van der Waals surface area contributed by atoms with Gasteiger partial charge in [-0.3, -0.25) is 4.79 Å². The van der Waals surface area contributed by atoms with Gasteiger partial charge in [0.25, 0.3) is 0 Å². The van der Waals surface area contributed by atoms with E-state index in [4.69, 9.17) is 11.6 Å². The van der Waals surface area contributed by atoms with Crippen LogP contribution in [-0.2, 0) is 4.79 Å². The lowest BCUT2D eigenvalue weighted by atomic mass is 10.1. The molecule has 1 aliphatic heterocycles. The number of nitrogens with zero attached hydrogens (tertiary/aromatic N) is 1. The summed E-state index contributed by atoms with van der Waals surface area (Å²) in [4.78, 5) is 13.5. The molecule has 2 rings (SSSR count). The number of benzene rings is 1. The van der Waals surface area contributed by atoms with Crippen molar-refractivity contribution in [2.75, 3.05) is 18.0 Å². The highest BCUT2D eigenvalue weighted by atomic mass is 35.5. The van der Waals surface area contributed by atoms with Crippen molar-refractivity contribution in [3.8, 4) is 0 Å². The number of carbonyl (C=O) groups is 1. The number of anilines is 1. The second-order valence-electron chi connectivity index (χ2n) is 3.95. The standard InChI is InChI=1S/C12H14ClNO/c1-9-11(13)5-2-6-12(9)14-7-3-4-10(15)8-14/h2,5-6H,3-4,7-8H2,1H3. The highest BCUT2D eigenvalue weighted by Gasteiger charge is 2.18. The Morgan fingerprint density at radius 1 is 1.40 bits per heavy atom. The van der Waals surface area contributed by atoms with Gasteiger partial charge >= 0.3 is 0 Å². The van der Waals surface area contributed by atoms with Gasteiger partial charge in [-0.25, -0.2) is 0 Å². The molecule has 0 bridgehead atoms. The summed E-state index contributed by atoms with van der Waals surface area (Å²) in [6.07, 6.45) is 1.67. The lowest BCUT2D eigenvalue weighted by molar-refractivity contribution is -0.118. The first-order valence-corrected chi connectivity index (χ1v) is 5.58. The number of halogens is 1. The minimum absolute atomic E-state index is 0.320. The first kappa shape index (κ1) is 10.5. The fraction of sp³-hybridized carbons (Fsp3) is 0.417. The monoisotopic (exact) mass is 223 g/mol. The van der Waals surface area contributed by atoms with Crippen LogP contribution in [0, 0.1) is 6.92 Å². The Hall–Kier alpha value is -1.02. The molecule has 80 valence electrons. The SMILES string of the molecule is Cc1c(Cl)cccc1N1CCCC(=O)C1. The largest absolute Gasteiger partial charge is 0.364 e. The molecule has 0 atom stereocenters. The number of piperidine rings is 1. The molecule has 1 saturated heterocycles. The van der Waals surface area contributed by atoms with Crippen LogP contribution in [0.1, 0.15) is 18.4 Å². The van der Waals surface area contributed by atoms with Crippen LogP contribution in [0.2, 0.25) is 5.02 Å². The summed E-state index contributed by atoms with van der Waals surface area (Å²) >= 11 is 6.06. The van der Waals surface area contributed by atoms with Gasteiger partial charge in [-0.2, -0.15) is 0 Å². The molecule has 0 N–H and O–H groups in total. The molecule has 1 fully saturated rings. The Morgan fingerprint density at radius 2 is 2.20 bits per heavy atom. The van der Waals surface area contributed by atoms with E-state index in [1.54, 1.807) is 0 Å². The third kappa shape index (κ3) is 2.15. The van der Waals surface area contributed by atoms with Gasteiger partial charge in [0.15, 0.2) is 5.78 Å². The highest BCUT2D eigenvalue weighted by molar-refractivity contribution is 6.31. The average Bonchev–Trinajstić information content (AvgIpc) is 2.22. The maximum atomic E-state index is 11.4. The quantitative estimate of drug-likeness (QED) is 0.730. The van der Waals surface area contributed by atoms with E-state index in [0.717, 1.165) is 35.7 Å². The second kappa shape index (κ2) is 4.23. The van der Waals surface area contributed by atoms with Gasteiger partial charge in [-0.05, 0) is 31.0 Å². The first-order valence-electron chi connectivity index (χ1n) is 5.20. The first-order chi connectivity index (χ1) is 7.18. The molecular formula is C12H14ClNO. The number of hydrogen-bond acceptors (Lipinski definition) is 2. The van der Waals surface area contributed by atoms with Crippen molar-refractivity contribution in [1.29, 1.82) is 0 Å². The zero-order valence-corrected chi connectivity index (χ0v) is 9.55. The van der Waals surface area contributed by atoms with Crippen LogP contribution in [0.4, 0.5) is 5.69 Å². The van der Waals surface area contributed by atoms with Gasteiger partial charge in [0.2, 0.25) is 0 Å². The molecule has 0 spiro atoms. The third-order valence-corrected chi connectivity index (χ3v) is 3.24. The zero-order valence-electron chi connectivity index (χ0n) is 8.79. The van der Waals surface area contributed by atoms with Gasteiger partial charge in [-0.1, -0.05) is 17.7 Å². The molecule has 1 aliphatic rings. The Bertz CT molecular complexity index is 389. The van der Waals surface area contributed by atoms with Gasteiger partial charge in [0, 0.05) is 23.7 Å². The van der Waals surface area contributed by atoms with Crippen molar-refractivity contribution in [2.45, 2.75) is 19.8 Å². The summed E-state index contributed by atoms with van der Waals surface area (Å²) in [6, 6.07) is 5.84. The molecule has 3 heteroatoms. The molecule has 0 unspecified atom stereocenters. The molecule has 1 aromatic carbocycles. The van der Waals surface area contributed by atoms with E-state index in [2.05, 4.69) is 4.90 Å². The van der Waals surface area contributed by atoms with Gasteiger partial charge in [-0.15, -0.1) is 0 Å². The van der Waals surface area contributed by atoms with E-state index in [-0.39, 0.29) is 0 Å². The molecule has 1 aromatic rings. The van der Waals surface area contributed by atoms with Crippen molar-refractivity contribution in [3.63, 3.8) is 0 Å². The van der Waals surface area contributed by atoms with E-state index in [0.29, 0.717) is 12.3 Å². The Balaban J connectivity index is 2.28. The van der Waals surface area contributed by atoms with Gasteiger partial charge < -0.3 is 4.90 Å². The van der Waals surface area contributed by atoms with Crippen molar-refractivity contribution in [2.24, 2.45) is 0 Å². The molecular weight excluding hydrogens is 210 g/mol. The summed E-state index contributed by atoms with van der Waals surface area (Å²) in [5, 5.41) is 0.769. The number of ketones is 1. The van der Waals surface area contributed by atoms with Crippen LogP contribution in [0.3, 0.4) is 0 Å². The molecule has 1 heterocycles.